The third kappa shape index (κ3) is 5.48. The van der Waals surface area contributed by atoms with Crippen molar-refractivity contribution < 1.29 is 9.59 Å². The lowest BCUT2D eigenvalue weighted by molar-refractivity contribution is -0.132. The van der Waals surface area contributed by atoms with Crippen molar-refractivity contribution in [3.8, 4) is 0 Å². The van der Waals surface area contributed by atoms with Crippen LogP contribution in [0.15, 0.2) is 0 Å². The minimum atomic E-state index is -0.0353. The van der Waals surface area contributed by atoms with Crippen molar-refractivity contribution in [2.75, 3.05) is 26.7 Å². The average molecular weight is 310 g/mol. The molecule has 0 radical (unpaired) electrons. The van der Waals surface area contributed by atoms with E-state index in [4.69, 9.17) is 0 Å². The third-order valence-corrected chi connectivity index (χ3v) is 4.71. The van der Waals surface area contributed by atoms with Gasteiger partial charge in [-0.05, 0) is 32.7 Å². The van der Waals surface area contributed by atoms with Crippen LogP contribution < -0.4 is 16.0 Å². The van der Waals surface area contributed by atoms with Crippen molar-refractivity contribution in [2.24, 2.45) is 0 Å². The molecule has 0 aromatic heterocycles. The van der Waals surface area contributed by atoms with Crippen LogP contribution >= 0.6 is 0 Å². The number of hydrogen-bond donors (Lipinski definition) is 3. The Bertz CT molecular complexity index is 361. The number of amides is 3. The predicted octanol–water partition coefficient (Wildman–Crippen LogP) is 1.22. The van der Waals surface area contributed by atoms with E-state index in [-0.39, 0.29) is 18.0 Å². The lowest BCUT2D eigenvalue weighted by Gasteiger charge is -2.33. The molecule has 2 fully saturated rings. The van der Waals surface area contributed by atoms with Crippen LogP contribution in [0.25, 0.3) is 0 Å². The molecule has 1 aliphatic carbocycles. The highest BCUT2D eigenvalue weighted by Crippen LogP contribution is 2.17. The van der Waals surface area contributed by atoms with E-state index in [1.165, 1.54) is 19.3 Å². The maximum absolute atomic E-state index is 12.0. The molecular formula is C16H30N4O2. The summed E-state index contributed by atoms with van der Waals surface area (Å²) in [6, 6.07) is 0.501. The Labute approximate surface area is 133 Å². The van der Waals surface area contributed by atoms with E-state index in [0.717, 1.165) is 45.3 Å². The molecule has 3 amide bonds. The van der Waals surface area contributed by atoms with E-state index in [9.17, 15) is 9.59 Å². The lowest BCUT2D eigenvalue weighted by Crippen LogP contribution is -2.51. The SMILES string of the molecule is CNCCC(=O)N1CCC(NC(=O)NC2CCCCC2)CC1. The van der Waals surface area contributed by atoms with E-state index in [1.54, 1.807) is 0 Å². The van der Waals surface area contributed by atoms with Crippen LogP contribution in [0.1, 0.15) is 51.4 Å². The summed E-state index contributed by atoms with van der Waals surface area (Å²) < 4.78 is 0. The Morgan fingerprint density at radius 2 is 1.55 bits per heavy atom. The normalized spacial score (nSPS) is 20.7. The second-order valence-corrected chi connectivity index (χ2v) is 6.46. The second-order valence-electron chi connectivity index (χ2n) is 6.46. The van der Waals surface area contributed by atoms with Crippen LogP contribution in [0.3, 0.4) is 0 Å². The molecule has 0 aromatic carbocycles. The third-order valence-electron chi connectivity index (χ3n) is 4.71. The van der Waals surface area contributed by atoms with E-state index in [1.807, 2.05) is 11.9 Å². The molecule has 0 unspecified atom stereocenters. The number of nitrogens with zero attached hydrogens (tertiary/aromatic N) is 1. The number of hydrogen-bond acceptors (Lipinski definition) is 3. The van der Waals surface area contributed by atoms with Gasteiger partial charge in [-0.3, -0.25) is 4.79 Å². The molecule has 1 aliphatic heterocycles. The molecule has 0 bridgehead atoms. The predicted molar refractivity (Wildman–Crippen MR) is 86.7 cm³/mol. The maximum atomic E-state index is 12.0. The fraction of sp³-hybridized carbons (Fsp3) is 0.875. The van der Waals surface area contributed by atoms with Gasteiger partial charge in [-0.25, -0.2) is 4.79 Å². The molecular weight excluding hydrogens is 280 g/mol. The largest absolute Gasteiger partial charge is 0.343 e. The second kappa shape index (κ2) is 8.98. The molecule has 22 heavy (non-hydrogen) atoms. The molecule has 6 heteroatoms. The zero-order valence-electron chi connectivity index (χ0n) is 13.7. The monoisotopic (exact) mass is 310 g/mol. The maximum Gasteiger partial charge on any atom is 0.315 e. The summed E-state index contributed by atoms with van der Waals surface area (Å²) in [6.45, 7) is 2.22. The number of rotatable bonds is 5. The van der Waals surface area contributed by atoms with Crippen LogP contribution in [-0.2, 0) is 4.79 Å². The molecule has 0 atom stereocenters. The minimum Gasteiger partial charge on any atom is -0.343 e. The number of urea groups is 1. The zero-order valence-corrected chi connectivity index (χ0v) is 13.7. The summed E-state index contributed by atoms with van der Waals surface area (Å²) in [5.41, 5.74) is 0. The summed E-state index contributed by atoms with van der Waals surface area (Å²) in [7, 11) is 1.86. The molecule has 0 spiro atoms. The Morgan fingerprint density at radius 3 is 2.14 bits per heavy atom. The van der Waals surface area contributed by atoms with Gasteiger partial charge in [0.05, 0.1) is 0 Å². The van der Waals surface area contributed by atoms with Crippen LogP contribution in [0.5, 0.6) is 0 Å². The van der Waals surface area contributed by atoms with Crippen LogP contribution in [-0.4, -0.2) is 55.6 Å². The quantitative estimate of drug-likeness (QED) is 0.715. The summed E-state index contributed by atoms with van der Waals surface area (Å²) in [4.78, 5) is 25.9. The van der Waals surface area contributed by atoms with Gasteiger partial charge >= 0.3 is 6.03 Å². The fourth-order valence-corrected chi connectivity index (χ4v) is 3.32. The first-order chi connectivity index (χ1) is 10.7. The Kier molecular flexibility index (Phi) is 6.96. The standard InChI is InChI=1S/C16H30N4O2/c1-17-10-7-15(21)20-11-8-14(9-12-20)19-16(22)18-13-5-3-2-4-6-13/h13-14,17H,2-12H2,1H3,(H2,18,19,22). The van der Waals surface area contributed by atoms with Crippen molar-refractivity contribution in [3.63, 3.8) is 0 Å². The van der Waals surface area contributed by atoms with Gasteiger partial charge in [0.1, 0.15) is 0 Å². The molecule has 2 rings (SSSR count). The van der Waals surface area contributed by atoms with Crippen molar-refractivity contribution in [2.45, 2.75) is 63.5 Å². The highest BCUT2D eigenvalue weighted by molar-refractivity contribution is 5.77. The molecule has 1 saturated carbocycles. The van der Waals surface area contributed by atoms with E-state index < -0.39 is 0 Å². The number of nitrogens with one attached hydrogen (secondary N) is 3. The summed E-state index contributed by atoms with van der Waals surface area (Å²) in [5.74, 6) is 0.208. The molecule has 3 N–H and O–H groups in total. The first kappa shape index (κ1) is 17.1. The summed E-state index contributed by atoms with van der Waals surface area (Å²) in [5, 5.41) is 9.16. The van der Waals surface area contributed by atoms with E-state index >= 15 is 0 Å². The molecule has 126 valence electrons. The van der Waals surface area contributed by atoms with E-state index in [0.29, 0.717) is 12.5 Å². The highest BCUT2D eigenvalue weighted by Gasteiger charge is 2.24. The first-order valence-electron chi connectivity index (χ1n) is 8.68. The highest BCUT2D eigenvalue weighted by atomic mass is 16.2. The molecule has 2 aliphatic rings. The van der Waals surface area contributed by atoms with Crippen LogP contribution in [0.4, 0.5) is 4.79 Å². The van der Waals surface area contributed by atoms with Gasteiger partial charge < -0.3 is 20.9 Å². The van der Waals surface area contributed by atoms with Gasteiger partial charge in [0.2, 0.25) is 5.91 Å². The Morgan fingerprint density at radius 1 is 0.955 bits per heavy atom. The Balaban J connectivity index is 1.64. The fourth-order valence-electron chi connectivity index (χ4n) is 3.32. The molecule has 0 aromatic rings. The van der Waals surface area contributed by atoms with Gasteiger partial charge in [-0.15, -0.1) is 0 Å². The topological polar surface area (TPSA) is 73.5 Å². The first-order valence-corrected chi connectivity index (χ1v) is 8.68. The van der Waals surface area contributed by atoms with Gasteiger partial charge in [-0.1, -0.05) is 19.3 Å². The molecule has 1 heterocycles. The zero-order chi connectivity index (χ0) is 15.8. The molecule has 6 nitrogen and oxygen atoms in total. The van der Waals surface area contributed by atoms with Gasteiger partial charge in [0.15, 0.2) is 0 Å². The van der Waals surface area contributed by atoms with Crippen molar-refractivity contribution in [1.82, 2.24) is 20.9 Å². The summed E-state index contributed by atoms with van der Waals surface area (Å²) in [6.07, 6.45) is 8.19. The lowest BCUT2D eigenvalue weighted by atomic mass is 9.96. The number of carbonyl (C=O) groups excluding carboxylic acids is 2. The van der Waals surface area contributed by atoms with Crippen LogP contribution in [0, 0.1) is 0 Å². The van der Waals surface area contributed by atoms with Crippen LogP contribution in [0.2, 0.25) is 0 Å². The van der Waals surface area contributed by atoms with E-state index in [2.05, 4.69) is 16.0 Å². The van der Waals surface area contributed by atoms with Gasteiger partial charge in [-0.2, -0.15) is 0 Å². The van der Waals surface area contributed by atoms with Crippen molar-refractivity contribution in [3.05, 3.63) is 0 Å². The smallest absolute Gasteiger partial charge is 0.315 e. The van der Waals surface area contributed by atoms with Gasteiger partial charge in [0, 0.05) is 38.1 Å². The van der Waals surface area contributed by atoms with Gasteiger partial charge in [0.25, 0.3) is 0 Å². The number of likely N-dealkylation sites (tertiary alicyclic amines) is 1. The molecule has 1 saturated heterocycles. The number of piperidine rings is 1. The van der Waals surface area contributed by atoms with Crippen molar-refractivity contribution in [1.29, 1.82) is 0 Å². The Hall–Kier alpha value is -1.30. The minimum absolute atomic E-state index is 0.0353. The average Bonchev–Trinajstić information content (AvgIpc) is 2.54. The summed E-state index contributed by atoms with van der Waals surface area (Å²) >= 11 is 0. The number of carbonyl (C=O) groups is 2. The van der Waals surface area contributed by atoms with Crippen molar-refractivity contribution >= 4 is 11.9 Å².